The molecule has 1 aliphatic heterocycles. The third-order valence-corrected chi connectivity index (χ3v) is 2.87. The maximum absolute atomic E-state index is 12.1. The van der Waals surface area contributed by atoms with Crippen molar-refractivity contribution in [2.45, 2.75) is 32.7 Å². The number of nitrogens with one attached hydrogen (secondary N) is 1. The predicted octanol–water partition coefficient (Wildman–Crippen LogP) is 0.215. The third-order valence-electron chi connectivity index (χ3n) is 2.87. The summed E-state index contributed by atoms with van der Waals surface area (Å²) >= 11 is 0. The highest BCUT2D eigenvalue weighted by atomic mass is 16.3. The Morgan fingerprint density at radius 1 is 1.60 bits per heavy atom. The summed E-state index contributed by atoms with van der Waals surface area (Å²) in [5.41, 5.74) is 0. The molecule has 1 aliphatic rings. The van der Waals surface area contributed by atoms with Crippen molar-refractivity contribution in [3.05, 3.63) is 0 Å². The first-order valence-corrected chi connectivity index (χ1v) is 5.79. The van der Waals surface area contributed by atoms with E-state index in [-0.39, 0.29) is 24.5 Å². The van der Waals surface area contributed by atoms with Crippen LogP contribution in [0.2, 0.25) is 0 Å². The Morgan fingerprint density at radius 3 is 2.80 bits per heavy atom. The van der Waals surface area contributed by atoms with E-state index in [2.05, 4.69) is 5.32 Å². The maximum atomic E-state index is 12.1. The van der Waals surface area contributed by atoms with Gasteiger partial charge in [0.05, 0.1) is 5.92 Å². The van der Waals surface area contributed by atoms with Crippen molar-refractivity contribution < 1.29 is 9.90 Å². The van der Waals surface area contributed by atoms with Crippen molar-refractivity contribution in [1.29, 1.82) is 0 Å². The molecule has 1 saturated heterocycles. The molecule has 0 aromatic rings. The van der Waals surface area contributed by atoms with Crippen LogP contribution in [0.3, 0.4) is 0 Å². The van der Waals surface area contributed by atoms with Crippen molar-refractivity contribution in [3.63, 3.8) is 0 Å². The van der Waals surface area contributed by atoms with Crippen LogP contribution < -0.4 is 5.32 Å². The first kappa shape index (κ1) is 12.5. The summed E-state index contributed by atoms with van der Waals surface area (Å²) in [6, 6.07) is 0.227. The first-order valence-electron chi connectivity index (χ1n) is 5.79. The number of amides is 1. The van der Waals surface area contributed by atoms with E-state index in [0.29, 0.717) is 13.0 Å². The molecule has 0 radical (unpaired) electrons. The van der Waals surface area contributed by atoms with Crippen molar-refractivity contribution >= 4 is 5.91 Å². The minimum Gasteiger partial charge on any atom is -0.396 e. The Bertz CT molecular complexity index is 201. The number of nitrogens with zero attached hydrogens (tertiary/aromatic N) is 1. The number of hydrogen-bond donors (Lipinski definition) is 2. The zero-order valence-corrected chi connectivity index (χ0v) is 9.70. The Labute approximate surface area is 91.6 Å². The van der Waals surface area contributed by atoms with Crippen LogP contribution in [0.4, 0.5) is 0 Å². The summed E-state index contributed by atoms with van der Waals surface area (Å²) in [6.45, 7) is 6.63. The van der Waals surface area contributed by atoms with Gasteiger partial charge in [-0.15, -0.1) is 0 Å². The molecule has 2 N–H and O–H groups in total. The molecule has 4 heteroatoms. The molecule has 1 rings (SSSR count). The van der Waals surface area contributed by atoms with Gasteiger partial charge in [0.15, 0.2) is 0 Å². The molecule has 1 fully saturated rings. The lowest BCUT2D eigenvalue weighted by Gasteiger charge is -2.29. The largest absolute Gasteiger partial charge is 0.396 e. The quantitative estimate of drug-likeness (QED) is 0.688. The molecular formula is C11H22N2O2. The molecule has 0 bridgehead atoms. The lowest BCUT2D eigenvalue weighted by Crippen LogP contribution is -2.42. The van der Waals surface area contributed by atoms with E-state index >= 15 is 0 Å². The molecular weight excluding hydrogens is 192 g/mol. The molecule has 1 amide bonds. The summed E-state index contributed by atoms with van der Waals surface area (Å²) in [7, 11) is 0. The van der Waals surface area contributed by atoms with Crippen molar-refractivity contribution in [2.75, 3.05) is 26.2 Å². The Kier molecular flexibility index (Phi) is 5.05. The normalized spacial score (nSPS) is 20.9. The standard InChI is InChI=1S/C11H22N2O2/c1-9(2)13(6-3-7-14)11(15)10-4-5-12-8-10/h9-10,12,14H,3-8H2,1-2H3. The number of aliphatic hydroxyl groups excluding tert-OH is 1. The first-order chi connectivity index (χ1) is 7.16. The number of carbonyl (C=O) groups is 1. The van der Waals surface area contributed by atoms with Gasteiger partial charge < -0.3 is 15.3 Å². The minimum absolute atomic E-state index is 0.145. The van der Waals surface area contributed by atoms with Crippen LogP contribution in [0.15, 0.2) is 0 Å². The number of rotatable bonds is 5. The van der Waals surface area contributed by atoms with Crippen molar-refractivity contribution in [2.24, 2.45) is 5.92 Å². The van der Waals surface area contributed by atoms with E-state index < -0.39 is 0 Å². The van der Waals surface area contributed by atoms with Crippen LogP contribution in [0.1, 0.15) is 26.7 Å². The van der Waals surface area contributed by atoms with Gasteiger partial charge in [0.1, 0.15) is 0 Å². The van der Waals surface area contributed by atoms with Crippen molar-refractivity contribution in [3.8, 4) is 0 Å². The predicted molar refractivity (Wildman–Crippen MR) is 59.5 cm³/mol. The van der Waals surface area contributed by atoms with E-state index in [1.54, 1.807) is 0 Å². The van der Waals surface area contributed by atoms with Crippen LogP contribution in [-0.2, 0) is 4.79 Å². The summed E-state index contributed by atoms with van der Waals surface area (Å²) in [4.78, 5) is 14.0. The van der Waals surface area contributed by atoms with E-state index in [0.717, 1.165) is 19.5 Å². The van der Waals surface area contributed by atoms with Crippen LogP contribution in [0.25, 0.3) is 0 Å². The molecule has 0 aliphatic carbocycles. The van der Waals surface area contributed by atoms with Gasteiger partial charge in [-0.05, 0) is 33.2 Å². The topological polar surface area (TPSA) is 52.6 Å². The molecule has 0 saturated carbocycles. The maximum Gasteiger partial charge on any atom is 0.227 e. The Hall–Kier alpha value is -0.610. The highest BCUT2D eigenvalue weighted by Crippen LogP contribution is 2.14. The van der Waals surface area contributed by atoms with Crippen LogP contribution >= 0.6 is 0 Å². The molecule has 15 heavy (non-hydrogen) atoms. The summed E-state index contributed by atoms with van der Waals surface area (Å²) in [6.07, 6.45) is 1.62. The fraction of sp³-hybridized carbons (Fsp3) is 0.909. The number of aliphatic hydroxyl groups is 1. The summed E-state index contributed by atoms with van der Waals surface area (Å²) in [5, 5.41) is 12.0. The minimum atomic E-state index is 0.145. The zero-order valence-electron chi connectivity index (χ0n) is 9.70. The Morgan fingerprint density at radius 2 is 2.33 bits per heavy atom. The zero-order chi connectivity index (χ0) is 11.3. The molecule has 0 aromatic carbocycles. The number of carbonyl (C=O) groups excluding carboxylic acids is 1. The fourth-order valence-corrected chi connectivity index (χ4v) is 1.96. The molecule has 88 valence electrons. The van der Waals surface area contributed by atoms with E-state index in [4.69, 9.17) is 5.11 Å². The smallest absolute Gasteiger partial charge is 0.227 e. The fourth-order valence-electron chi connectivity index (χ4n) is 1.96. The van der Waals surface area contributed by atoms with E-state index in [1.807, 2.05) is 18.7 Å². The van der Waals surface area contributed by atoms with Gasteiger partial charge in [0.25, 0.3) is 0 Å². The van der Waals surface area contributed by atoms with E-state index in [1.165, 1.54) is 0 Å². The van der Waals surface area contributed by atoms with Gasteiger partial charge >= 0.3 is 0 Å². The molecule has 1 unspecified atom stereocenters. The van der Waals surface area contributed by atoms with Gasteiger partial charge in [0.2, 0.25) is 5.91 Å². The second-order valence-electron chi connectivity index (χ2n) is 4.39. The summed E-state index contributed by atoms with van der Waals surface area (Å²) in [5.74, 6) is 0.384. The van der Waals surface area contributed by atoms with Crippen molar-refractivity contribution in [1.82, 2.24) is 10.2 Å². The molecule has 1 atom stereocenters. The highest BCUT2D eigenvalue weighted by Gasteiger charge is 2.27. The van der Waals surface area contributed by atoms with Gasteiger partial charge in [0, 0.05) is 25.7 Å². The lowest BCUT2D eigenvalue weighted by atomic mass is 10.1. The van der Waals surface area contributed by atoms with Gasteiger partial charge in [-0.2, -0.15) is 0 Å². The Balaban J connectivity index is 2.49. The average Bonchev–Trinajstić information content (AvgIpc) is 2.70. The molecule has 4 nitrogen and oxygen atoms in total. The third kappa shape index (κ3) is 3.47. The van der Waals surface area contributed by atoms with E-state index in [9.17, 15) is 4.79 Å². The van der Waals surface area contributed by atoms with Gasteiger partial charge in [-0.3, -0.25) is 4.79 Å². The van der Waals surface area contributed by atoms with Crippen LogP contribution in [0.5, 0.6) is 0 Å². The SMILES string of the molecule is CC(C)N(CCCO)C(=O)C1CCNC1. The number of hydrogen-bond acceptors (Lipinski definition) is 3. The molecule has 0 aromatic heterocycles. The monoisotopic (exact) mass is 214 g/mol. The van der Waals surface area contributed by atoms with Gasteiger partial charge in [-0.25, -0.2) is 0 Å². The molecule has 1 heterocycles. The second-order valence-corrected chi connectivity index (χ2v) is 4.39. The average molecular weight is 214 g/mol. The van der Waals surface area contributed by atoms with Crippen LogP contribution in [-0.4, -0.2) is 48.2 Å². The van der Waals surface area contributed by atoms with Crippen LogP contribution in [0, 0.1) is 5.92 Å². The molecule has 0 spiro atoms. The lowest BCUT2D eigenvalue weighted by molar-refractivity contribution is -0.136. The highest BCUT2D eigenvalue weighted by molar-refractivity contribution is 5.79. The summed E-state index contributed by atoms with van der Waals surface area (Å²) < 4.78 is 0. The second kappa shape index (κ2) is 6.08. The van der Waals surface area contributed by atoms with Gasteiger partial charge in [-0.1, -0.05) is 0 Å².